The Morgan fingerprint density at radius 1 is 1.53 bits per heavy atom. The number of esters is 1. The summed E-state index contributed by atoms with van der Waals surface area (Å²) in [6.45, 7) is 7.18. The molecule has 1 aliphatic rings. The van der Waals surface area contributed by atoms with Crippen LogP contribution in [0.1, 0.15) is 47.0 Å². The lowest BCUT2D eigenvalue weighted by atomic mass is 10.2. The van der Waals surface area contributed by atoms with E-state index in [1.807, 2.05) is 0 Å². The van der Waals surface area contributed by atoms with E-state index in [4.69, 9.17) is 4.74 Å². The number of hydrogen-bond acceptors (Lipinski definition) is 4. The average molecular weight is 243 g/mol. The average Bonchev–Trinajstić information content (AvgIpc) is 2.35. The Bertz CT molecular complexity index is 317. The van der Waals surface area contributed by atoms with Gasteiger partial charge in [0.25, 0.3) is 0 Å². The topological polar surface area (TPSA) is 66.8 Å². The summed E-state index contributed by atoms with van der Waals surface area (Å²) in [4.78, 5) is 24.3. The highest BCUT2D eigenvalue weighted by molar-refractivity contribution is 5.80. The lowest BCUT2D eigenvalue weighted by molar-refractivity contribution is -0.157. The molecule has 98 valence electrons. The predicted octanol–water partition coefficient (Wildman–Crippen LogP) is 1.05. The first-order valence-electron chi connectivity index (χ1n) is 5.86. The number of nitrogens with zero attached hydrogens (tertiary/aromatic N) is 1. The molecular weight excluding hydrogens is 222 g/mol. The zero-order chi connectivity index (χ0) is 13.3. The molecule has 1 amide bonds. The summed E-state index contributed by atoms with van der Waals surface area (Å²) in [6.07, 6.45) is 0.862. The molecule has 1 atom stereocenters. The Balaban J connectivity index is 2.45. The van der Waals surface area contributed by atoms with Crippen LogP contribution in [0.15, 0.2) is 0 Å². The van der Waals surface area contributed by atoms with Crippen LogP contribution in [-0.2, 0) is 14.3 Å². The van der Waals surface area contributed by atoms with E-state index in [0.717, 1.165) is 0 Å². The van der Waals surface area contributed by atoms with Gasteiger partial charge in [-0.3, -0.25) is 9.59 Å². The van der Waals surface area contributed by atoms with Gasteiger partial charge < -0.3 is 14.7 Å². The van der Waals surface area contributed by atoms with Crippen LogP contribution in [0.25, 0.3) is 0 Å². The van der Waals surface area contributed by atoms with E-state index in [0.29, 0.717) is 12.8 Å². The van der Waals surface area contributed by atoms with Crippen molar-refractivity contribution in [2.75, 3.05) is 6.54 Å². The summed E-state index contributed by atoms with van der Waals surface area (Å²) in [5.41, 5.74) is -1.65. The lowest BCUT2D eigenvalue weighted by Crippen LogP contribution is -2.44. The van der Waals surface area contributed by atoms with E-state index in [-0.39, 0.29) is 24.8 Å². The standard InChI is InChI=1S/C12H21NO4/c1-11(2,3)17-10(15)6-8-13-9(14)5-7-12(13,4)16/h16H,5-8H2,1-4H3. The quantitative estimate of drug-likeness (QED) is 0.752. The molecule has 1 fully saturated rings. The second kappa shape index (κ2) is 4.64. The maximum atomic E-state index is 11.5. The second-order valence-corrected chi connectivity index (χ2v) is 5.60. The predicted molar refractivity (Wildman–Crippen MR) is 62.0 cm³/mol. The van der Waals surface area contributed by atoms with Crippen molar-refractivity contribution in [1.82, 2.24) is 4.90 Å². The molecule has 0 aromatic heterocycles. The number of ether oxygens (including phenoxy) is 1. The van der Waals surface area contributed by atoms with Crippen LogP contribution in [0.5, 0.6) is 0 Å². The van der Waals surface area contributed by atoms with Crippen molar-refractivity contribution < 1.29 is 19.4 Å². The van der Waals surface area contributed by atoms with Crippen LogP contribution in [0.3, 0.4) is 0 Å². The molecule has 1 saturated heterocycles. The Labute approximate surface area is 102 Å². The highest BCUT2D eigenvalue weighted by Crippen LogP contribution is 2.27. The van der Waals surface area contributed by atoms with Crippen LogP contribution < -0.4 is 0 Å². The largest absolute Gasteiger partial charge is 0.460 e. The first-order valence-corrected chi connectivity index (χ1v) is 5.86. The van der Waals surface area contributed by atoms with Gasteiger partial charge in [0, 0.05) is 19.4 Å². The van der Waals surface area contributed by atoms with Crippen LogP contribution in [-0.4, -0.2) is 39.8 Å². The highest BCUT2D eigenvalue weighted by Gasteiger charge is 2.39. The smallest absolute Gasteiger partial charge is 0.308 e. The van der Waals surface area contributed by atoms with Crippen molar-refractivity contribution in [3.63, 3.8) is 0 Å². The van der Waals surface area contributed by atoms with Crippen molar-refractivity contribution in [3.05, 3.63) is 0 Å². The first kappa shape index (κ1) is 14.0. The molecular formula is C12H21NO4. The van der Waals surface area contributed by atoms with Crippen molar-refractivity contribution in [3.8, 4) is 0 Å². The third-order valence-corrected chi connectivity index (χ3v) is 2.65. The fourth-order valence-electron chi connectivity index (χ4n) is 1.84. The molecule has 17 heavy (non-hydrogen) atoms. The van der Waals surface area contributed by atoms with Gasteiger partial charge in [-0.15, -0.1) is 0 Å². The van der Waals surface area contributed by atoms with Crippen molar-refractivity contribution in [1.29, 1.82) is 0 Å². The van der Waals surface area contributed by atoms with Gasteiger partial charge >= 0.3 is 5.97 Å². The molecule has 1 unspecified atom stereocenters. The van der Waals surface area contributed by atoms with E-state index in [2.05, 4.69) is 0 Å². The molecule has 0 spiro atoms. The number of likely N-dealkylation sites (tertiary alicyclic amines) is 1. The Morgan fingerprint density at radius 2 is 2.12 bits per heavy atom. The van der Waals surface area contributed by atoms with E-state index in [9.17, 15) is 14.7 Å². The molecule has 1 N–H and O–H groups in total. The van der Waals surface area contributed by atoms with Gasteiger partial charge in [0.05, 0.1) is 6.42 Å². The van der Waals surface area contributed by atoms with Crippen LogP contribution in [0.2, 0.25) is 0 Å². The Hall–Kier alpha value is -1.10. The van der Waals surface area contributed by atoms with Crippen molar-refractivity contribution in [2.24, 2.45) is 0 Å². The summed E-state index contributed by atoms with van der Waals surface area (Å²) in [7, 11) is 0. The molecule has 1 aliphatic heterocycles. The van der Waals surface area contributed by atoms with Crippen LogP contribution in [0, 0.1) is 0 Å². The fourth-order valence-corrected chi connectivity index (χ4v) is 1.84. The molecule has 0 aromatic rings. The second-order valence-electron chi connectivity index (χ2n) is 5.60. The summed E-state index contributed by atoms with van der Waals surface area (Å²) in [6, 6.07) is 0. The van der Waals surface area contributed by atoms with Gasteiger partial charge in [-0.2, -0.15) is 0 Å². The van der Waals surface area contributed by atoms with E-state index >= 15 is 0 Å². The molecule has 0 saturated carbocycles. The number of hydrogen-bond donors (Lipinski definition) is 1. The maximum absolute atomic E-state index is 11.5. The Morgan fingerprint density at radius 3 is 2.53 bits per heavy atom. The molecule has 0 radical (unpaired) electrons. The highest BCUT2D eigenvalue weighted by atomic mass is 16.6. The monoisotopic (exact) mass is 243 g/mol. The SMILES string of the molecule is CC(C)(C)OC(=O)CCN1C(=O)CCC1(C)O. The van der Waals surface area contributed by atoms with Gasteiger partial charge in [-0.25, -0.2) is 0 Å². The zero-order valence-corrected chi connectivity index (χ0v) is 10.9. The van der Waals surface area contributed by atoms with Crippen molar-refractivity contribution >= 4 is 11.9 Å². The molecule has 1 rings (SSSR count). The van der Waals surface area contributed by atoms with Gasteiger partial charge in [0.15, 0.2) is 0 Å². The lowest BCUT2D eigenvalue weighted by Gasteiger charge is -2.30. The molecule has 0 bridgehead atoms. The molecule has 5 nitrogen and oxygen atoms in total. The summed E-state index contributed by atoms with van der Waals surface area (Å²) in [5.74, 6) is -0.466. The maximum Gasteiger partial charge on any atom is 0.308 e. The third-order valence-electron chi connectivity index (χ3n) is 2.65. The number of carbonyl (C=O) groups excluding carboxylic acids is 2. The van der Waals surface area contributed by atoms with Gasteiger partial charge in [0.2, 0.25) is 5.91 Å². The third kappa shape index (κ3) is 4.00. The number of amides is 1. The Kier molecular flexibility index (Phi) is 3.81. The number of carbonyl (C=O) groups is 2. The first-order chi connectivity index (χ1) is 7.62. The van der Waals surface area contributed by atoms with E-state index in [1.54, 1.807) is 27.7 Å². The van der Waals surface area contributed by atoms with Crippen LogP contribution >= 0.6 is 0 Å². The summed E-state index contributed by atoms with van der Waals surface area (Å²) < 4.78 is 5.14. The number of rotatable bonds is 3. The number of aliphatic hydroxyl groups is 1. The summed E-state index contributed by atoms with van der Waals surface area (Å²) >= 11 is 0. The minimum Gasteiger partial charge on any atom is -0.460 e. The van der Waals surface area contributed by atoms with E-state index < -0.39 is 11.3 Å². The normalized spacial score (nSPS) is 25.2. The molecule has 0 aliphatic carbocycles. The molecule has 0 aromatic carbocycles. The molecule has 5 heteroatoms. The van der Waals surface area contributed by atoms with Crippen molar-refractivity contribution in [2.45, 2.75) is 58.3 Å². The van der Waals surface area contributed by atoms with Gasteiger partial charge in [-0.05, 0) is 27.7 Å². The van der Waals surface area contributed by atoms with Gasteiger partial charge in [-0.1, -0.05) is 0 Å². The van der Waals surface area contributed by atoms with Crippen LogP contribution in [0.4, 0.5) is 0 Å². The summed E-state index contributed by atoms with van der Waals surface area (Å²) in [5, 5.41) is 9.92. The van der Waals surface area contributed by atoms with Gasteiger partial charge in [0.1, 0.15) is 11.3 Å². The zero-order valence-electron chi connectivity index (χ0n) is 10.9. The minimum absolute atomic E-state index is 0.110. The van der Waals surface area contributed by atoms with E-state index in [1.165, 1.54) is 4.90 Å². The molecule has 1 heterocycles. The minimum atomic E-state index is -1.13. The fraction of sp³-hybridized carbons (Fsp3) is 0.833.